The van der Waals surface area contributed by atoms with Crippen molar-refractivity contribution in [1.29, 1.82) is 0 Å². The van der Waals surface area contributed by atoms with E-state index in [1.807, 2.05) is 37.4 Å². The SMILES string of the molecule is CC(C)CC(CNC(=O)Cc1csc(-c2ccccc2Cl)n1)C(=O)O. The van der Waals surface area contributed by atoms with Gasteiger partial charge in [0.2, 0.25) is 5.91 Å². The largest absolute Gasteiger partial charge is 0.481 e. The summed E-state index contributed by atoms with van der Waals surface area (Å²) < 4.78 is 0. The van der Waals surface area contributed by atoms with Crippen LogP contribution in [0, 0.1) is 11.8 Å². The molecule has 0 fully saturated rings. The van der Waals surface area contributed by atoms with Gasteiger partial charge in [-0.3, -0.25) is 9.59 Å². The number of carboxylic acids is 1. The lowest BCUT2D eigenvalue weighted by Crippen LogP contribution is -2.34. The maximum absolute atomic E-state index is 12.1. The Balaban J connectivity index is 1.93. The molecule has 7 heteroatoms. The number of hydrogen-bond donors (Lipinski definition) is 2. The molecule has 1 aromatic carbocycles. The molecule has 1 heterocycles. The van der Waals surface area contributed by atoms with Crippen LogP contribution in [0.5, 0.6) is 0 Å². The highest BCUT2D eigenvalue weighted by molar-refractivity contribution is 7.13. The van der Waals surface area contributed by atoms with E-state index < -0.39 is 11.9 Å². The summed E-state index contributed by atoms with van der Waals surface area (Å²) in [7, 11) is 0. The Bertz CT molecular complexity index is 745. The summed E-state index contributed by atoms with van der Waals surface area (Å²) in [4.78, 5) is 27.7. The van der Waals surface area contributed by atoms with Gasteiger partial charge in [-0.15, -0.1) is 11.3 Å². The van der Waals surface area contributed by atoms with Gasteiger partial charge in [-0.05, 0) is 18.4 Å². The molecule has 0 aliphatic rings. The van der Waals surface area contributed by atoms with E-state index in [-0.39, 0.29) is 24.8 Å². The van der Waals surface area contributed by atoms with Crippen LogP contribution in [0.25, 0.3) is 10.6 Å². The number of aliphatic carboxylic acids is 1. The number of thiazole rings is 1. The first kappa shape index (κ1) is 19.4. The molecule has 1 atom stereocenters. The number of nitrogens with zero attached hydrogens (tertiary/aromatic N) is 1. The average Bonchev–Trinajstić information content (AvgIpc) is 2.99. The maximum atomic E-state index is 12.1. The van der Waals surface area contributed by atoms with Crippen LogP contribution in [0.2, 0.25) is 5.02 Å². The number of aromatic nitrogens is 1. The summed E-state index contributed by atoms with van der Waals surface area (Å²) in [5, 5.41) is 15.1. The van der Waals surface area contributed by atoms with E-state index in [2.05, 4.69) is 10.3 Å². The van der Waals surface area contributed by atoms with Gasteiger partial charge < -0.3 is 10.4 Å². The van der Waals surface area contributed by atoms with Crippen LogP contribution in [0.15, 0.2) is 29.6 Å². The smallest absolute Gasteiger partial charge is 0.308 e. The first-order valence-corrected chi connectivity index (χ1v) is 9.31. The number of benzene rings is 1. The predicted octanol–water partition coefficient (Wildman–Crippen LogP) is 3.87. The lowest BCUT2D eigenvalue weighted by Gasteiger charge is -2.15. The summed E-state index contributed by atoms with van der Waals surface area (Å²) in [6.45, 7) is 4.06. The number of carboxylic acid groups (broad SMARTS) is 1. The lowest BCUT2D eigenvalue weighted by molar-refractivity contribution is -0.142. The van der Waals surface area contributed by atoms with Crippen molar-refractivity contribution in [3.8, 4) is 10.6 Å². The topological polar surface area (TPSA) is 79.3 Å². The van der Waals surface area contributed by atoms with Crippen molar-refractivity contribution >= 4 is 34.8 Å². The predicted molar refractivity (Wildman–Crippen MR) is 99.9 cm³/mol. The lowest BCUT2D eigenvalue weighted by atomic mass is 9.97. The maximum Gasteiger partial charge on any atom is 0.308 e. The van der Waals surface area contributed by atoms with Crippen molar-refractivity contribution in [3.63, 3.8) is 0 Å². The average molecular weight is 381 g/mol. The van der Waals surface area contributed by atoms with Crippen molar-refractivity contribution in [2.45, 2.75) is 26.7 Å². The molecule has 0 saturated heterocycles. The minimum atomic E-state index is -0.885. The highest BCUT2D eigenvalue weighted by Crippen LogP contribution is 2.30. The summed E-state index contributed by atoms with van der Waals surface area (Å²) in [6.07, 6.45) is 0.651. The Morgan fingerprint density at radius 1 is 1.32 bits per heavy atom. The van der Waals surface area contributed by atoms with E-state index in [0.29, 0.717) is 17.1 Å². The molecule has 1 amide bonds. The molecule has 0 radical (unpaired) electrons. The first-order valence-electron chi connectivity index (χ1n) is 8.05. The van der Waals surface area contributed by atoms with Crippen LogP contribution >= 0.6 is 22.9 Å². The highest BCUT2D eigenvalue weighted by atomic mass is 35.5. The second-order valence-electron chi connectivity index (χ2n) is 6.27. The molecule has 134 valence electrons. The molecule has 2 N–H and O–H groups in total. The van der Waals surface area contributed by atoms with Gasteiger partial charge >= 0.3 is 5.97 Å². The number of halogens is 1. The third kappa shape index (κ3) is 5.83. The van der Waals surface area contributed by atoms with Gasteiger partial charge in [0, 0.05) is 17.5 Å². The number of carbonyl (C=O) groups is 2. The fourth-order valence-corrected chi connectivity index (χ4v) is 3.59. The van der Waals surface area contributed by atoms with E-state index in [1.165, 1.54) is 11.3 Å². The van der Waals surface area contributed by atoms with E-state index in [4.69, 9.17) is 11.6 Å². The molecule has 1 aromatic heterocycles. The number of hydrogen-bond acceptors (Lipinski definition) is 4. The molecular formula is C18H21ClN2O3S. The molecule has 0 aliphatic carbocycles. The molecule has 2 aromatic rings. The molecule has 2 rings (SSSR count). The zero-order chi connectivity index (χ0) is 18.4. The van der Waals surface area contributed by atoms with Gasteiger partial charge in [0.15, 0.2) is 0 Å². The standard InChI is InChI=1S/C18H21ClN2O3S/c1-11(2)7-12(18(23)24)9-20-16(22)8-13-10-25-17(21-13)14-5-3-4-6-15(14)19/h3-6,10-12H,7-9H2,1-2H3,(H,20,22)(H,23,24). The van der Waals surface area contributed by atoms with Gasteiger partial charge in [-0.2, -0.15) is 0 Å². The van der Waals surface area contributed by atoms with Crippen LogP contribution in [0.3, 0.4) is 0 Å². The summed E-state index contributed by atoms with van der Waals surface area (Å²) in [5.74, 6) is -1.43. The quantitative estimate of drug-likeness (QED) is 0.728. The van der Waals surface area contributed by atoms with E-state index >= 15 is 0 Å². The third-order valence-corrected chi connectivity index (χ3v) is 4.90. The Morgan fingerprint density at radius 3 is 2.68 bits per heavy atom. The monoisotopic (exact) mass is 380 g/mol. The minimum absolute atomic E-state index is 0.120. The van der Waals surface area contributed by atoms with Crippen LogP contribution in [0.1, 0.15) is 26.0 Å². The normalized spacial score (nSPS) is 12.2. The second-order valence-corrected chi connectivity index (χ2v) is 7.53. The van der Waals surface area contributed by atoms with Crippen LogP contribution in [0.4, 0.5) is 0 Å². The third-order valence-electron chi connectivity index (χ3n) is 3.65. The molecular weight excluding hydrogens is 360 g/mol. The first-order chi connectivity index (χ1) is 11.9. The van der Waals surface area contributed by atoms with E-state index in [9.17, 15) is 14.7 Å². The summed E-state index contributed by atoms with van der Waals surface area (Å²) >= 11 is 7.59. The van der Waals surface area contributed by atoms with E-state index in [1.54, 1.807) is 6.07 Å². The molecule has 1 unspecified atom stereocenters. The molecule has 0 bridgehead atoms. The van der Waals surface area contributed by atoms with Gasteiger partial charge in [-0.25, -0.2) is 4.98 Å². The zero-order valence-electron chi connectivity index (χ0n) is 14.2. The molecule has 0 saturated carbocycles. The fraction of sp³-hybridized carbons (Fsp3) is 0.389. The van der Waals surface area contributed by atoms with Gasteiger partial charge in [0.05, 0.1) is 23.1 Å². The van der Waals surface area contributed by atoms with Crippen LogP contribution in [-0.2, 0) is 16.0 Å². The number of rotatable bonds is 8. The van der Waals surface area contributed by atoms with Crippen molar-refractivity contribution in [2.24, 2.45) is 11.8 Å². The summed E-state index contributed by atoms with van der Waals surface area (Å²) in [5.41, 5.74) is 1.48. The van der Waals surface area contributed by atoms with Gasteiger partial charge in [0.1, 0.15) is 5.01 Å². The number of carbonyl (C=O) groups excluding carboxylic acids is 1. The Labute approximate surface area is 156 Å². The second kappa shape index (κ2) is 8.97. The van der Waals surface area contributed by atoms with Gasteiger partial charge in [-0.1, -0.05) is 43.6 Å². The zero-order valence-corrected chi connectivity index (χ0v) is 15.7. The molecule has 0 spiro atoms. The van der Waals surface area contributed by atoms with Crippen LogP contribution in [-0.4, -0.2) is 28.5 Å². The highest BCUT2D eigenvalue weighted by Gasteiger charge is 2.20. The van der Waals surface area contributed by atoms with Crippen molar-refractivity contribution in [3.05, 3.63) is 40.4 Å². The minimum Gasteiger partial charge on any atom is -0.481 e. The van der Waals surface area contributed by atoms with Gasteiger partial charge in [0.25, 0.3) is 0 Å². The summed E-state index contributed by atoms with van der Waals surface area (Å²) in [6, 6.07) is 7.42. The van der Waals surface area contributed by atoms with Crippen molar-refractivity contribution in [2.75, 3.05) is 6.54 Å². The number of amides is 1. The Hall–Kier alpha value is -1.92. The fourth-order valence-electron chi connectivity index (χ4n) is 2.45. The molecule has 0 aliphatic heterocycles. The van der Waals surface area contributed by atoms with Crippen molar-refractivity contribution < 1.29 is 14.7 Å². The molecule has 25 heavy (non-hydrogen) atoms. The molecule has 5 nitrogen and oxygen atoms in total. The van der Waals surface area contributed by atoms with Crippen molar-refractivity contribution in [1.82, 2.24) is 10.3 Å². The number of nitrogens with one attached hydrogen (secondary N) is 1. The van der Waals surface area contributed by atoms with Crippen LogP contribution < -0.4 is 5.32 Å². The Kier molecular flexibility index (Phi) is 6.96. The van der Waals surface area contributed by atoms with E-state index in [0.717, 1.165) is 10.6 Å². The Morgan fingerprint density at radius 2 is 2.04 bits per heavy atom.